The lowest BCUT2D eigenvalue weighted by atomic mass is 9.73. The van der Waals surface area contributed by atoms with Crippen LogP contribution in [0.15, 0.2) is 12.2 Å². The van der Waals surface area contributed by atoms with Crippen molar-refractivity contribution >= 4 is 24.9 Å². The molecule has 3 spiro atoms. The number of fused-ring (bicyclic) bond motifs is 6. The fraction of sp³-hybridized carbons (Fsp3) is 0.889. The lowest BCUT2D eigenvalue weighted by Gasteiger charge is -2.52. The first kappa shape index (κ1) is 46.8. The van der Waals surface area contributed by atoms with Crippen LogP contribution in [0.5, 0.6) is 0 Å². The summed E-state index contributed by atoms with van der Waals surface area (Å²) >= 11 is 0. The lowest BCUT2D eigenvalue weighted by molar-refractivity contribution is -0.311. The molecule has 2 N–H and O–H groups in total. The third kappa shape index (κ3) is 8.97. The zero-order chi connectivity index (χ0) is 44.1. The Hall–Kier alpha value is -2.15. The van der Waals surface area contributed by atoms with Gasteiger partial charge in [0.1, 0.15) is 18.3 Å². The molecule has 0 aromatic carbocycles. The molecule has 7 rings (SSSR count). The number of cyclic esters (lactones) is 1. The number of unbranched alkanes of at least 4 members (excludes halogenated alkanes) is 1. The summed E-state index contributed by atoms with van der Waals surface area (Å²) < 4.78 is 66.0. The Labute approximate surface area is 361 Å². The smallest absolute Gasteiger partial charge is 0.504 e. The molecule has 7 aliphatic heterocycles. The van der Waals surface area contributed by atoms with Gasteiger partial charge in [0, 0.05) is 41.9 Å². The van der Waals surface area contributed by atoms with Crippen molar-refractivity contribution in [2.75, 3.05) is 0 Å². The molecule has 7 aliphatic rings. The standard InChI is InChI=1S/C45H72BO15/c1-10-11-20-37(49)53-28(4)31-17-13-12-14-18-33(47)42(6,7)35-23-21-27(3)45(56-35)39-41(51)55-32-25-30(52-29(32)5)16-15-19-34(48)43(8,9)36-24-22-26(2)44(57-36)38(40(50)54-31)58-46(59-39,60-44)61-45/h12-13,26-36,38-39,47-48H,10-11,14-25H2,1-9H3/q-1/b13-12-/t26-,27-,28-,29-,30-,31+,32+,33+,34-,35+,36+,38+,39+,44+,45+,46?/m1/s1. The van der Waals surface area contributed by atoms with Crippen LogP contribution in [-0.4, -0.2) is 114 Å². The van der Waals surface area contributed by atoms with E-state index in [0.29, 0.717) is 70.6 Å². The van der Waals surface area contributed by atoms with Gasteiger partial charge < -0.3 is 57.3 Å². The van der Waals surface area contributed by atoms with Crippen molar-refractivity contribution in [1.29, 1.82) is 0 Å². The summed E-state index contributed by atoms with van der Waals surface area (Å²) in [6.07, 6.45) is 1.92. The Bertz CT molecular complexity index is 1620. The number of hydrogen-bond donors (Lipinski definition) is 2. The Morgan fingerprint density at radius 1 is 0.820 bits per heavy atom. The highest BCUT2D eigenvalue weighted by Crippen LogP contribution is 2.57. The van der Waals surface area contributed by atoms with Crippen LogP contribution in [0, 0.1) is 22.7 Å². The van der Waals surface area contributed by atoms with Gasteiger partial charge in [0.05, 0.1) is 36.6 Å². The number of carbonyl (C=O) groups is 3. The predicted octanol–water partition coefficient (Wildman–Crippen LogP) is 6.10. The van der Waals surface area contributed by atoms with Crippen molar-refractivity contribution in [3.63, 3.8) is 0 Å². The van der Waals surface area contributed by atoms with Crippen molar-refractivity contribution < 1.29 is 71.6 Å². The van der Waals surface area contributed by atoms with Crippen molar-refractivity contribution in [3.8, 4) is 0 Å². The van der Waals surface area contributed by atoms with Gasteiger partial charge in [-0.25, -0.2) is 9.59 Å². The van der Waals surface area contributed by atoms with Gasteiger partial charge in [0.25, 0.3) is 0 Å². The molecule has 0 aromatic rings. The first-order valence-corrected chi connectivity index (χ1v) is 23.3. The van der Waals surface area contributed by atoms with E-state index in [9.17, 15) is 24.6 Å². The third-order valence-corrected chi connectivity index (χ3v) is 15.2. The summed E-state index contributed by atoms with van der Waals surface area (Å²) in [7, 11) is 0. The number of ether oxygens (including phenoxy) is 6. The molecule has 0 amide bonds. The Balaban J connectivity index is 1.35. The number of hydrogen-bond acceptors (Lipinski definition) is 15. The summed E-state index contributed by atoms with van der Waals surface area (Å²) in [5.41, 5.74) is -1.65. The molecular formula is C45H72BO15-. The van der Waals surface area contributed by atoms with Crippen LogP contribution < -0.4 is 0 Å². The van der Waals surface area contributed by atoms with E-state index >= 15 is 0 Å². The van der Waals surface area contributed by atoms with E-state index in [2.05, 4.69) is 0 Å². The van der Waals surface area contributed by atoms with Crippen molar-refractivity contribution in [3.05, 3.63) is 12.2 Å². The van der Waals surface area contributed by atoms with Crippen LogP contribution in [0.1, 0.15) is 152 Å². The maximum atomic E-state index is 15.0. The number of allylic oxidation sites excluding steroid dienone is 1. The molecule has 0 saturated carbocycles. The molecule has 61 heavy (non-hydrogen) atoms. The molecule has 0 radical (unpaired) electrons. The van der Waals surface area contributed by atoms with Gasteiger partial charge >= 0.3 is 24.9 Å². The molecule has 9 bridgehead atoms. The highest BCUT2D eigenvalue weighted by Gasteiger charge is 2.73. The summed E-state index contributed by atoms with van der Waals surface area (Å²) in [6.45, 7) is 13.6. The largest absolute Gasteiger partial charge is 0.536 e. The monoisotopic (exact) mass is 863 g/mol. The molecule has 16 heteroatoms. The number of carbonyl (C=O) groups excluding carboxylic acids is 3. The highest BCUT2D eigenvalue weighted by molar-refractivity contribution is 6.56. The number of esters is 3. The highest BCUT2D eigenvalue weighted by atomic mass is 17.0. The molecule has 1 unspecified atom stereocenters. The normalized spacial score (nSPS) is 46.2. The average molecular weight is 864 g/mol. The van der Waals surface area contributed by atoms with E-state index in [-0.39, 0.29) is 18.9 Å². The lowest BCUT2D eigenvalue weighted by Crippen LogP contribution is -2.61. The fourth-order valence-electron chi connectivity index (χ4n) is 10.6. The Kier molecular flexibility index (Phi) is 13.8. The predicted molar refractivity (Wildman–Crippen MR) is 220 cm³/mol. The second kappa shape index (κ2) is 18.0. The van der Waals surface area contributed by atoms with Crippen LogP contribution in [0.2, 0.25) is 0 Å². The minimum Gasteiger partial charge on any atom is -0.504 e. The second-order valence-electron chi connectivity index (χ2n) is 20.3. The van der Waals surface area contributed by atoms with Gasteiger partial charge in [-0.05, 0) is 78.1 Å². The van der Waals surface area contributed by atoms with Crippen LogP contribution in [0.3, 0.4) is 0 Å². The van der Waals surface area contributed by atoms with E-state index in [1.807, 2.05) is 67.5 Å². The van der Waals surface area contributed by atoms with Gasteiger partial charge in [0.15, 0.2) is 23.8 Å². The van der Waals surface area contributed by atoms with E-state index in [1.165, 1.54) is 0 Å². The molecule has 346 valence electrons. The average Bonchev–Trinajstić information content (AvgIpc) is 3.83. The van der Waals surface area contributed by atoms with E-state index < -0.39 is 120 Å². The second-order valence-corrected chi connectivity index (χ2v) is 20.3. The van der Waals surface area contributed by atoms with Crippen LogP contribution in [0.25, 0.3) is 0 Å². The van der Waals surface area contributed by atoms with Gasteiger partial charge in [-0.1, -0.05) is 67.0 Å². The number of aliphatic hydroxyl groups excluding tert-OH is 2. The first-order valence-electron chi connectivity index (χ1n) is 23.3. The topological polar surface area (TPSA) is 184 Å². The third-order valence-electron chi connectivity index (χ3n) is 15.2. The minimum absolute atomic E-state index is 0.182. The van der Waals surface area contributed by atoms with Crippen molar-refractivity contribution in [2.24, 2.45) is 22.7 Å². The number of rotatable bonds is 5. The summed E-state index contributed by atoms with van der Waals surface area (Å²) in [6, 6.07) is 0. The summed E-state index contributed by atoms with van der Waals surface area (Å²) in [5.74, 6) is -6.74. The zero-order valence-corrected chi connectivity index (χ0v) is 37.8. The number of aliphatic hydroxyl groups is 2. The van der Waals surface area contributed by atoms with E-state index in [4.69, 9.17) is 47.0 Å². The summed E-state index contributed by atoms with van der Waals surface area (Å²) in [4.78, 5) is 42.6. The Morgan fingerprint density at radius 2 is 1.39 bits per heavy atom. The summed E-state index contributed by atoms with van der Waals surface area (Å²) in [5, 5.41) is 23.6. The molecule has 0 aliphatic carbocycles. The molecule has 15 nitrogen and oxygen atoms in total. The van der Waals surface area contributed by atoms with Gasteiger partial charge in [-0.3, -0.25) is 4.79 Å². The van der Waals surface area contributed by atoms with E-state index in [0.717, 1.165) is 6.42 Å². The maximum Gasteiger partial charge on any atom is 0.536 e. The first-order chi connectivity index (χ1) is 28.8. The van der Waals surface area contributed by atoms with Gasteiger partial charge in [0.2, 0.25) is 0 Å². The SMILES string of the molecule is CCCCC(=O)O[C@H](C)[C@@H]1C/C=C\CC[C@H](O)C(C)(C)[C@@H]2CC[C@@H](C)[C@]3(O2)O[B-]24O[C@@H](C(=O)O1)[C@@]1(O[C@@H](CC[C@H]1C)C(C)(C)[C@H](O)CCC[C@@H]1C[C@H](OC(=O)[C@@H]3O2)[C@@H](C)O1)O4. The fourth-order valence-corrected chi connectivity index (χ4v) is 10.6. The van der Waals surface area contributed by atoms with Crippen LogP contribution in [0.4, 0.5) is 0 Å². The minimum atomic E-state index is -3.50. The molecule has 16 atom stereocenters. The molecule has 6 saturated heterocycles. The van der Waals surface area contributed by atoms with E-state index in [1.54, 1.807) is 6.92 Å². The molecular weight excluding hydrogens is 791 g/mol. The molecule has 6 fully saturated rings. The van der Waals surface area contributed by atoms with Crippen LogP contribution >= 0.6 is 0 Å². The molecule has 7 heterocycles. The Morgan fingerprint density at radius 3 is 1.98 bits per heavy atom. The van der Waals surface area contributed by atoms with Crippen LogP contribution in [-0.2, 0) is 61.4 Å². The molecule has 0 aromatic heterocycles. The van der Waals surface area contributed by atoms with Gasteiger partial charge in [-0.15, -0.1) is 0 Å². The zero-order valence-electron chi connectivity index (χ0n) is 37.8. The van der Waals surface area contributed by atoms with Crippen molar-refractivity contribution in [2.45, 2.75) is 231 Å². The van der Waals surface area contributed by atoms with Gasteiger partial charge in [-0.2, -0.15) is 0 Å². The maximum absolute atomic E-state index is 15.0. The van der Waals surface area contributed by atoms with Crippen molar-refractivity contribution in [1.82, 2.24) is 0 Å². The quantitative estimate of drug-likeness (QED) is 0.140.